The number of methoxy groups -OCH3 is 1. The Bertz CT molecular complexity index is 1680. The zero-order valence-corrected chi connectivity index (χ0v) is 28.2. The molecule has 1 unspecified atom stereocenters. The molecular weight excluding hydrogens is 654 g/mol. The molecule has 1 N–H and O–H groups in total. The third-order valence-corrected chi connectivity index (χ3v) is 9.53. The highest BCUT2D eigenvalue weighted by Gasteiger charge is 2.34. The standard InChI is InChI=1S/C35H38BrN3O5S/c1-25(2)37-35(41)33(22-27-8-6-5-7-9-27)38(23-28-12-14-29(36)15-13-28)34(40)24-39(30-16-18-31(44-4)19-17-30)45(42,43)32-20-10-26(3)11-21-32/h5-21,25,33H,22-24H2,1-4H3,(H,37,41). The number of hydrogen-bond acceptors (Lipinski definition) is 5. The number of sulfonamides is 1. The lowest BCUT2D eigenvalue weighted by Crippen LogP contribution is -2.54. The fourth-order valence-corrected chi connectivity index (χ4v) is 6.51. The van der Waals surface area contributed by atoms with Gasteiger partial charge in [0.05, 0.1) is 17.7 Å². The van der Waals surface area contributed by atoms with Crippen molar-refractivity contribution in [2.75, 3.05) is 18.0 Å². The summed E-state index contributed by atoms with van der Waals surface area (Å²) in [6.07, 6.45) is 0.245. The molecule has 4 rings (SSSR count). The van der Waals surface area contributed by atoms with Crippen molar-refractivity contribution < 1.29 is 22.7 Å². The molecule has 0 aromatic heterocycles. The van der Waals surface area contributed by atoms with Crippen LogP contribution in [0.25, 0.3) is 0 Å². The van der Waals surface area contributed by atoms with E-state index in [0.29, 0.717) is 11.4 Å². The first-order valence-corrected chi connectivity index (χ1v) is 16.8. The average molecular weight is 693 g/mol. The minimum absolute atomic E-state index is 0.0505. The van der Waals surface area contributed by atoms with Gasteiger partial charge >= 0.3 is 0 Å². The topological polar surface area (TPSA) is 96.0 Å². The van der Waals surface area contributed by atoms with Crippen molar-refractivity contribution in [1.82, 2.24) is 10.2 Å². The Labute approximate surface area is 274 Å². The zero-order chi connectivity index (χ0) is 32.6. The van der Waals surface area contributed by atoms with Gasteiger partial charge in [-0.05, 0) is 80.4 Å². The first kappa shape index (κ1) is 33.7. The lowest BCUT2D eigenvalue weighted by atomic mass is 10.0. The van der Waals surface area contributed by atoms with E-state index >= 15 is 0 Å². The first-order chi connectivity index (χ1) is 21.5. The van der Waals surface area contributed by atoms with Crippen LogP contribution in [0.3, 0.4) is 0 Å². The smallest absolute Gasteiger partial charge is 0.264 e. The second kappa shape index (κ2) is 15.2. The highest BCUT2D eigenvalue weighted by atomic mass is 79.9. The van der Waals surface area contributed by atoms with Gasteiger partial charge < -0.3 is 15.0 Å². The maximum absolute atomic E-state index is 14.5. The number of hydrogen-bond donors (Lipinski definition) is 1. The zero-order valence-electron chi connectivity index (χ0n) is 25.8. The molecule has 0 radical (unpaired) electrons. The van der Waals surface area contributed by atoms with Crippen molar-refractivity contribution in [3.63, 3.8) is 0 Å². The average Bonchev–Trinajstić information content (AvgIpc) is 3.02. The van der Waals surface area contributed by atoms with Gasteiger partial charge in [0.25, 0.3) is 10.0 Å². The second-order valence-corrected chi connectivity index (χ2v) is 13.8. The molecule has 8 nitrogen and oxygen atoms in total. The maximum Gasteiger partial charge on any atom is 0.264 e. The molecule has 10 heteroatoms. The molecule has 0 saturated carbocycles. The van der Waals surface area contributed by atoms with Crippen LogP contribution in [0.4, 0.5) is 5.69 Å². The number of nitrogens with one attached hydrogen (secondary N) is 1. The van der Waals surface area contributed by atoms with Crippen LogP contribution < -0.4 is 14.4 Å². The minimum Gasteiger partial charge on any atom is -0.497 e. The van der Waals surface area contributed by atoms with Gasteiger partial charge in [0.15, 0.2) is 0 Å². The van der Waals surface area contributed by atoms with Crippen LogP contribution >= 0.6 is 15.9 Å². The Balaban J connectivity index is 1.80. The van der Waals surface area contributed by atoms with Crippen LogP contribution in [0.1, 0.15) is 30.5 Å². The second-order valence-electron chi connectivity index (χ2n) is 11.0. The Hall–Kier alpha value is -4.15. The normalized spacial score (nSPS) is 12.0. The van der Waals surface area contributed by atoms with Gasteiger partial charge in [0.2, 0.25) is 11.8 Å². The summed E-state index contributed by atoms with van der Waals surface area (Å²) in [7, 11) is -2.66. The first-order valence-electron chi connectivity index (χ1n) is 14.6. The molecule has 0 aliphatic heterocycles. The van der Waals surface area contributed by atoms with Crippen LogP contribution in [0.2, 0.25) is 0 Å². The number of nitrogens with zero attached hydrogens (tertiary/aromatic N) is 2. The molecule has 0 heterocycles. The number of ether oxygens (including phenoxy) is 1. The molecule has 1 atom stereocenters. The van der Waals surface area contributed by atoms with E-state index in [2.05, 4.69) is 21.2 Å². The van der Waals surface area contributed by atoms with E-state index < -0.39 is 28.5 Å². The molecule has 4 aromatic rings. The molecule has 0 spiro atoms. The minimum atomic E-state index is -4.18. The van der Waals surface area contributed by atoms with Crippen LogP contribution in [-0.2, 0) is 32.6 Å². The predicted octanol–water partition coefficient (Wildman–Crippen LogP) is 6.13. The Kier molecular flexibility index (Phi) is 11.4. The lowest BCUT2D eigenvalue weighted by molar-refractivity contribution is -0.140. The van der Waals surface area contributed by atoms with Gasteiger partial charge in [-0.3, -0.25) is 13.9 Å². The SMILES string of the molecule is COc1ccc(N(CC(=O)N(Cc2ccc(Br)cc2)C(Cc2ccccc2)C(=O)NC(C)C)S(=O)(=O)c2ccc(C)cc2)cc1. The van der Waals surface area contributed by atoms with Gasteiger partial charge in [-0.25, -0.2) is 8.42 Å². The van der Waals surface area contributed by atoms with E-state index in [1.807, 2.05) is 75.4 Å². The molecule has 45 heavy (non-hydrogen) atoms. The molecule has 2 amide bonds. The monoisotopic (exact) mass is 691 g/mol. The van der Waals surface area contributed by atoms with E-state index in [-0.39, 0.29) is 29.8 Å². The highest BCUT2D eigenvalue weighted by Crippen LogP contribution is 2.27. The summed E-state index contributed by atoms with van der Waals surface area (Å²) >= 11 is 3.45. The van der Waals surface area contributed by atoms with Gasteiger partial charge in [0, 0.05) is 23.5 Å². The third kappa shape index (κ3) is 8.95. The molecule has 236 valence electrons. The molecule has 0 fully saturated rings. The van der Waals surface area contributed by atoms with Crippen molar-refractivity contribution in [3.05, 3.63) is 124 Å². The summed E-state index contributed by atoms with van der Waals surface area (Å²) in [5, 5.41) is 2.97. The number of rotatable bonds is 13. The number of carbonyl (C=O) groups is 2. The summed E-state index contributed by atoms with van der Waals surface area (Å²) in [4.78, 5) is 29.8. The molecular formula is C35H38BrN3O5S. The molecule has 0 aliphatic rings. The molecule has 0 bridgehead atoms. The van der Waals surface area contributed by atoms with Crippen molar-refractivity contribution in [1.29, 1.82) is 0 Å². The number of benzene rings is 4. The fourth-order valence-electron chi connectivity index (χ4n) is 4.84. The molecule has 0 saturated heterocycles. The Morgan fingerprint density at radius 1 is 0.844 bits per heavy atom. The summed E-state index contributed by atoms with van der Waals surface area (Å²) in [6, 6.07) is 28.8. The van der Waals surface area contributed by atoms with Gasteiger partial charge in [-0.15, -0.1) is 0 Å². The summed E-state index contributed by atoms with van der Waals surface area (Å²) in [6.45, 7) is 5.15. The van der Waals surface area contributed by atoms with Crippen LogP contribution in [0.15, 0.2) is 112 Å². The van der Waals surface area contributed by atoms with Crippen LogP contribution in [0.5, 0.6) is 5.75 Å². The van der Waals surface area contributed by atoms with Crippen molar-refractivity contribution in [2.45, 2.75) is 50.7 Å². The van der Waals surface area contributed by atoms with Gasteiger partial charge in [-0.1, -0.05) is 76.1 Å². The lowest BCUT2D eigenvalue weighted by Gasteiger charge is -2.34. The maximum atomic E-state index is 14.5. The van der Waals surface area contributed by atoms with E-state index in [1.54, 1.807) is 36.4 Å². The van der Waals surface area contributed by atoms with Gasteiger partial charge in [-0.2, -0.15) is 0 Å². The molecule has 0 aliphatic carbocycles. The number of anilines is 1. The van der Waals surface area contributed by atoms with Crippen molar-refractivity contribution in [3.8, 4) is 5.75 Å². The number of amides is 2. The molecule has 4 aromatic carbocycles. The fraction of sp³-hybridized carbons (Fsp3) is 0.257. The van der Waals surface area contributed by atoms with E-state index in [0.717, 1.165) is 25.5 Å². The summed E-state index contributed by atoms with van der Waals surface area (Å²) in [5.41, 5.74) is 2.86. The van der Waals surface area contributed by atoms with E-state index in [1.165, 1.54) is 24.1 Å². The van der Waals surface area contributed by atoms with Crippen LogP contribution in [0, 0.1) is 6.92 Å². The van der Waals surface area contributed by atoms with Crippen molar-refractivity contribution in [2.24, 2.45) is 0 Å². The largest absolute Gasteiger partial charge is 0.497 e. The van der Waals surface area contributed by atoms with Crippen LogP contribution in [-0.4, -0.2) is 50.9 Å². The Morgan fingerprint density at radius 2 is 1.47 bits per heavy atom. The number of halogens is 1. The number of aryl methyl sites for hydroxylation is 1. The van der Waals surface area contributed by atoms with E-state index in [9.17, 15) is 18.0 Å². The summed E-state index contributed by atoms with van der Waals surface area (Å²) < 4.78 is 35.5. The van der Waals surface area contributed by atoms with Crippen molar-refractivity contribution >= 4 is 43.5 Å². The quantitative estimate of drug-likeness (QED) is 0.182. The summed E-state index contributed by atoms with van der Waals surface area (Å²) in [5.74, 6) is -0.302. The highest BCUT2D eigenvalue weighted by molar-refractivity contribution is 9.10. The predicted molar refractivity (Wildman–Crippen MR) is 181 cm³/mol. The Morgan fingerprint density at radius 3 is 2.04 bits per heavy atom. The number of carbonyl (C=O) groups excluding carboxylic acids is 2. The van der Waals surface area contributed by atoms with E-state index in [4.69, 9.17) is 4.74 Å². The third-order valence-electron chi connectivity index (χ3n) is 7.22. The van der Waals surface area contributed by atoms with Gasteiger partial charge in [0.1, 0.15) is 18.3 Å².